The lowest BCUT2D eigenvalue weighted by Crippen LogP contribution is -2.43. The first-order valence-electron chi connectivity index (χ1n) is 7.19. The van der Waals surface area contributed by atoms with Gasteiger partial charge in [-0.15, -0.1) is 0 Å². The van der Waals surface area contributed by atoms with E-state index in [1.807, 2.05) is 0 Å². The first kappa shape index (κ1) is 15.4. The molecule has 0 aliphatic carbocycles. The summed E-state index contributed by atoms with van der Waals surface area (Å²) in [5.74, 6) is 0.999. The van der Waals surface area contributed by atoms with Crippen molar-refractivity contribution in [2.24, 2.45) is 11.8 Å². The van der Waals surface area contributed by atoms with Crippen LogP contribution in [0.4, 0.5) is 0 Å². The van der Waals surface area contributed by atoms with Gasteiger partial charge in [-0.25, -0.2) is 0 Å². The van der Waals surface area contributed by atoms with Crippen LogP contribution < -0.4 is 10.6 Å². The minimum Gasteiger partial charge on any atom is -0.356 e. The number of hydrogen-bond acceptors (Lipinski definition) is 3. The predicted octanol–water partition coefficient (Wildman–Crippen LogP) is 1.08. The Morgan fingerprint density at radius 1 is 1.44 bits per heavy atom. The van der Waals surface area contributed by atoms with Gasteiger partial charge < -0.3 is 15.5 Å². The minimum absolute atomic E-state index is 0.163. The molecule has 2 N–H and O–H groups in total. The Kier molecular flexibility index (Phi) is 6.65. The maximum atomic E-state index is 12.0. The molecule has 0 aromatic carbocycles. The predicted molar refractivity (Wildman–Crippen MR) is 75.5 cm³/mol. The van der Waals surface area contributed by atoms with Crippen molar-refractivity contribution in [1.29, 1.82) is 0 Å². The molecule has 4 heteroatoms. The van der Waals surface area contributed by atoms with Crippen LogP contribution in [-0.4, -0.2) is 50.1 Å². The van der Waals surface area contributed by atoms with Gasteiger partial charge in [-0.05, 0) is 52.7 Å². The molecule has 0 radical (unpaired) electrons. The number of carbonyl (C=O) groups excluding carboxylic acids is 1. The molecule has 106 valence electrons. The van der Waals surface area contributed by atoms with E-state index >= 15 is 0 Å². The number of hydrogen-bond donors (Lipinski definition) is 2. The van der Waals surface area contributed by atoms with Crippen LogP contribution in [0, 0.1) is 11.8 Å². The van der Waals surface area contributed by atoms with Crippen LogP contribution in [0.25, 0.3) is 0 Å². The zero-order valence-corrected chi connectivity index (χ0v) is 12.3. The maximum absolute atomic E-state index is 12.0. The van der Waals surface area contributed by atoms with Crippen molar-refractivity contribution in [3.63, 3.8) is 0 Å². The first-order chi connectivity index (χ1) is 8.50. The monoisotopic (exact) mass is 255 g/mol. The summed E-state index contributed by atoms with van der Waals surface area (Å²) in [7, 11) is 2.12. The molecule has 2 unspecified atom stereocenters. The molecule has 0 spiro atoms. The third kappa shape index (κ3) is 5.36. The summed E-state index contributed by atoms with van der Waals surface area (Å²) >= 11 is 0. The Hall–Kier alpha value is -0.610. The fraction of sp³-hybridized carbons (Fsp3) is 0.929. The molecule has 0 aromatic rings. The van der Waals surface area contributed by atoms with Crippen molar-refractivity contribution < 1.29 is 4.79 Å². The van der Waals surface area contributed by atoms with Gasteiger partial charge in [0.1, 0.15) is 0 Å². The average molecular weight is 255 g/mol. The largest absolute Gasteiger partial charge is 0.356 e. The van der Waals surface area contributed by atoms with Gasteiger partial charge in [0.05, 0.1) is 5.92 Å². The van der Waals surface area contributed by atoms with Crippen LogP contribution in [0.15, 0.2) is 0 Å². The highest BCUT2D eigenvalue weighted by Crippen LogP contribution is 2.15. The fourth-order valence-electron chi connectivity index (χ4n) is 2.30. The molecular weight excluding hydrogens is 226 g/mol. The van der Waals surface area contributed by atoms with Gasteiger partial charge in [0, 0.05) is 19.1 Å². The molecule has 1 fully saturated rings. The second-order valence-corrected chi connectivity index (χ2v) is 5.91. The third-order valence-corrected chi connectivity index (χ3v) is 3.81. The van der Waals surface area contributed by atoms with E-state index in [9.17, 15) is 4.79 Å². The van der Waals surface area contributed by atoms with Gasteiger partial charge >= 0.3 is 0 Å². The molecule has 1 amide bonds. The zero-order chi connectivity index (χ0) is 13.5. The molecule has 4 nitrogen and oxygen atoms in total. The lowest BCUT2D eigenvalue weighted by Gasteiger charge is -2.27. The second-order valence-electron chi connectivity index (χ2n) is 5.91. The van der Waals surface area contributed by atoms with Gasteiger partial charge in [-0.2, -0.15) is 0 Å². The maximum Gasteiger partial charge on any atom is 0.224 e. The van der Waals surface area contributed by atoms with Crippen LogP contribution in [0.2, 0.25) is 0 Å². The molecule has 1 saturated heterocycles. The van der Waals surface area contributed by atoms with Crippen molar-refractivity contribution >= 4 is 5.91 Å². The summed E-state index contributed by atoms with van der Waals surface area (Å²) in [6.07, 6.45) is 2.04. The van der Waals surface area contributed by atoms with Crippen LogP contribution in [-0.2, 0) is 4.79 Å². The number of nitrogens with one attached hydrogen (secondary N) is 2. The lowest BCUT2D eigenvalue weighted by molar-refractivity contribution is -0.125. The van der Waals surface area contributed by atoms with E-state index in [4.69, 9.17) is 0 Å². The van der Waals surface area contributed by atoms with Crippen LogP contribution >= 0.6 is 0 Å². The third-order valence-electron chi connectivity index (χ3n) is 3.81. The van der Waals surface area contributed by atoms with E-state index in [1.54, 1.807) is 0 Å². The first-order valence-corrected chi connectivity index (χ1v) is 7.19. The topological polar surface area (TPSA) is 44.4 Å². The van der Waals surface area contributed by atoms with Crippen molar-refractivity contribution in [2.75, 3.05) is 33.2 Å². The summed E-state index contributed by atoms with van der Waals surface area (Å²) in [4.78, 5) is 14.3. The van der Waals surface area contributed by atoms with Crippen LogP contribution in [0.1, 0.15) is 33.6 Å². The smallest absolute Gasteiger partial charge is 0.224 e. The molecule has 0 bridgehead atoms. The standard InChI is InChI=1S/C14H29N3O/c1-11(2)17(4)7-5-6-16-14(18)13-8-12(3)9-15-10-13/h11-13,15H,5-10H2,1-4H3,(H,16,18). The van der Waals surface area contributed by atoms with Gasteiger partial charge in [-0.3, -0.25) is 4.79 Å². The van der Waals surface area contributed by atoms with E-state index in [0.29, 0.717) is 12.0 Å². The number of piperidine rings is 1. The van der Waals surface area contributed by atoms with Gasteiger partial charge in [0.15, 0.2) is 0 Å². The molecular formula is C14H29N3O. The Balaban J connectivity index is 2.13. The number of amides is 1. The molecule has 18 heavy (non-hydrogen) atoms. The van der Waals surface area contributed by atoms with Crippen LogP contribution in [0.5, 0.6) is 0 Å². The summed E-state index contributed by atoms with van der Waals surface area (Å²) in [5.41, 5.74) is 0. The normalized spacial score (nSPS) is 24.6. The molecule has 1 aliphatic heterocycles. The molecule has 2 atom stereocenters. The summed E-state index contributed by atoms with van der Waals surface area (Å²) in [5, 5.41) is 6.38. The Bertz CT molecular complexity index is 255. The molecule has 0 saturated carbocycles. The molecule has 0 aromatic heterocycles. The average Bonchev–Trinajstić information content (AvgIpc) is 2.33. The number of carbonyl (C=O) groups is 1. The highest BCUT2D eigenvalue weighted by atomic mass is 16.1. The Morgan fingerprint density at radius 2 is 2.17 bits per heavy atom. The van der Waals surface area contributed by atoms with Crippen molar-refractivity contribution in [3.8, 4) is 0 Å². The van der Waals surface area contributed by atoms with Crippen LogP contribution in [0.3, 0.4) is 0 Å². The Morgan fingerprint density at radius 3 is 2.78 bits per heavy atom. The van der Waals surface area contributed by atoms with Gasteiger partial charge in [0.2, 0.25) is 5.91 Å². The number of nitrogens with zero attached hydrogens (tertiary/aromatic N) is 1. The SMILES string of the molecule is CC1CNCC(C(=O)NCCCN(C)C(C)C)C1. The quantitative estimate of drug-likeness (QED) is 0.698. The molecule has 1 aliphatic rings. The van der Waals surface area contributed by atoms with Crippen molar-refractivity contribution in [2.45, 2.75) is 39.7 Å². The highest BCUT2D eigenvalue weighted by Gasteiger charge is 2.24. The summed E-state index contributed by atoms with van der Waals surface area (Å²) in [6.45, 7) is 10.3. The van der Waals surface area contributed by atoms with Gasteiger partial charge in [0.25, 0.3) is 0 Å². The van der Waals surface area contributed by atoms with E-state index < -0.39 is 0 Å². The number of rotatable bonds is 6. The van der Waals surface area contributed by atoms with E-state index in [1.165, 1.54) is 0 Å². The molecule has 1 heterocycles. The summed E-state index contributed by atoms with van der Waals surface area (Å²) < 4.78 is 0. The Labute approximate surface area is 111 Å². The van der Waals surface area contributed by atoms with Crippen molar-refractivity contribution in [3.05, 3.63) is 0 Å². The second kappa shape index (κ2) is 7.74. The van der Waals surface area contributed by atoms with E-state index in [0.717, 1.165) is 39.0 Å². The van der Waals surface area contributed by atoms with Crippen molar-refractivity contribution in [1.82, 2.24) is 15.5 Å². The highest BCUT2D eigenvalue weighted by molar-refractivity contribution is 5.78. The molecule has 1 rings (SSSR count). The van der Waals surface area contributed by atoms with E-state index in [-0.39, 0.29) is 11.8 Å². The minimum atomic E-state index is 0.163. The summed E-state index contributed by atoms with van der Waals surface area (Å²) in [6, 6.07) is 0.573. The van der Waals surface area contributed by atoms with E-state index in [2.05, 4.69) is 43.4 Å². The van der Waals surface area contributed by atoms with Gasteiger partial charge in [-0.1, -0.05) is 6.92 Å². The fourth-order valence-corrected chi connectivity index (χ4v) is 2.30. The lowest BCUT2D eigenvalue weighted by atomic mass is 9.91. The zero-order valence-electron chi connectivity index (χ0n) is 12.3.